The molecule has 0 amide bonds. The summed E-state index contributed by atoms with van der Waals surface area (Å²) in [5.74, 6) is 5.91. The molecular formula is C124H83N9. The first-order valence-electron chi connectivity index (χ1n) is 45.0. The van der Waals surface area contributed by atoms with Gasteiger partial charge < -0.3 is 0 Å². The molecule has 0 spiro atoms. The maximum absolute atomic E-state index is 5.08. The van der Waals surface area contributed by atoms with Crippen LogP contribution in [-0.4, -0.2) is 44.9 Å². The van der Waals surface area contributed by atoms with Crippen molar-refractivity contribution in [3.05, 3.63) is 478 Å². The molecule has 21 aromatic carbocycles. The largest absolute Gasteiger partial charge is 0.208 e. The number of hydrogen-bond donors (Lipinski definition) is 0. The van der Waals surface area contributed by atoms with Crippen LogP contribution in [-0.2, 0) is 5.41 Å². The SMILES string of the molecule is CC1(C)c2ccccc2-c2ccc(-c3nc(-c4ccc(-c5ccccc5)cc4)nc(-c4ccc5ccccc5c4)n3)cc21.c1ccc(-c2ccc(-c3nc(-c4ccc(-c5ccccc5)cc4)nc(-c4ccc5c(ccc6ccccc65)c4)n3)cc2)cc1.c1ccc(-c2ccc(-c3nc(-c4ccc5c(ccc6ccccc65)c4)nc(-c4ccc5c(ccc6ccccc65)c4)n3)cc2)cc1. The minimum atomic E-state index is -0.105. The van der Waals surface area contributed by atoms with Gasteiger partial charge in [-0.2, -0.15) is 0 Å². The molecule has 0 radical (unpaired) electrons. The summed E-state index contributed by atoms with van der Waals surface area (Å²) < 4.78 is 0. The van der Waals surface area contributed by atoms with Crippen molar-refractivity contribution in [1.29, 1.82) is 0 Å². The van der Waals surface area contributed by atoms with Crippen LogP contribution in [0.4, 0.5) is 0 Å². The standard InChI is InChI=1S/C43H27N3.C41H27N3.C40H29N3/c1-2-8-28(9-3-1)29-14-18-32(19-15-29)41-44-42(35-22-24-39-33(26-35)20-16-30-10-4-6-12-37(30)39)46-43(45-41)36-23-25-40-34(27-36)21-17-31-11-5-7-13-38(31)40;1-3-9-28(10-4-1)30-15-20-33(21-16-30)39-42-40(34-22-17-31(18-23-34)29-11-5-2-6-12-29)44-41(43-39)36-25-26-38-35(27-36)24-19-32-13-7-8-14-37(32)38;1-40(2)35-15-9-8-14-33(35)34-23-22-32(25-36(34)40)39-42-37(29-19-16-28(17-20-29)26-10-4-3-5-11-26)41-38(43-39)31-21-18-27-12-6-7-13-30(27)24-31/h1-27H;1-27H;3-25H,1-2H3. The Morgan fingerprint density at radius 3 is 0.669 bits per heavy atom. The lowest BCUT2D eigenvalue weighted by atomic mass is 9.82. The maximum atomic E-state index is 5.08. The van der Waals surface area contributed by atoms with Crippen LogP contribution in [0.3, 0.4) is 0 Å². The molecule has 3 aromatic heterocycles. The van der Waals surface area contributed by atoms with E-state index in [1.165, 1.54) is 98.4 Å². The second kappa shape index (κ2) is 34.6. The molecule has 133 heavy (non-hydrogen) atoms. The molecule has 0 aliphatic heterocycles. The van der Waals surface area contributed by atoms with Gasteiger partial charge in [-0.3, -0.25) is 0 Å². The molecule has 0 saturated carbocycles. The van der Waals surface area contributed by atoms with Crippen molar-refractivity contribution < 1.29 is 0 Å². The number of fused-ring (bicyclic) bond motifs is 13. The van der Waals surface area contributed by atoms with Crippen LogP contribution >= 0.6 is 0 Å². The van der Waals surface area contributed by atoms with Gasteiger partial charge in [-0.05, 0) is 173 Å². The molecule has 24 aromatic rings. The average Bonchev–Trinajstić information content (AvgIpc) is 1.58. The van der Waals surface area contributed by atoms with Crippen molar-refractivity contribution in [2.24, 2.45) is 0 Å². The Balaban J connectivity index is 0.000000113. The summed E-state index contributed by atoms with van der Waals surface area (Å²) in [6.07, 6.45) is 0. The summed E-state index contributed by atoms with van der Waals surface area (Å²) in [6.45, 7) is 4.60. The molecule has 25 rings (SSSR count). The maximum Gasteiger partial charge on any atom is 0.164 e. The van der Waals surface area contributed by atoms with Crippen LogP contribution < -0.4 is 0 Å². The average molecular weight is 1700 g/mol. The van der Waals surface area contributed by atoms with E-state index in [4.69, 9.17) is 44.9 Å². The van der Waals surface area contributed by atoms with E-state index in [0.717, 1.165) is 93.9 Å². The minimum Gasteiger partial charge on any atom is -0.208 e. The zero-order valence-electron chi connectivity index (χ0n) is 73.0. The molecule has 0 atom stereocenters. The summed E-state index contributed by atoms with van der Waals surface area (Å²) in [7, 11) is 0. The van der Waals surface area contributed by atoms with Gasteiger partial charge in [0.1, 0.15) is 0 Å². The van der Waals surface area contributed by atoms with Gasteiger partial charge in [0.05, 0.1) is 0 Å². The minimum absolute atomic E-state index is 0.105. The fourth-order valence-corrected chi connectivity index (χ4v) is 18.7. The highest BCUT2D eigenvalue weighted by Gasteiger charge is 2.36. The molecule has 0 unspecified atom stereocenters. The van der Waals surface area contributed by atoms with Crippen LogP contribution in [0.25, 0.3) is 234 Å². The summed E-state index contributed by atoms with van der Waals surface area (Å²) in [5.41, 5.74) is 23.1. The monoisotopic (exact) mass is 1700 g/mol. The molecule has 0 N–H and O–H groups in total. The van der Waals surface area contributed by atoms with Crippen molar-refractivity contribution in [2.45, 2.75) is 19.3 Å². The fraction of sp³-hybridized carbons (Fsp3) is 0.0242. The van der Waals surface area contributed by atoms with Crippen molar-refractivity contribution in [3.8, 4) is 158 Å². The number of hydrogen-bond acceptors (Lipinski definition) is 9. The van der Waals surface area contributed by atoms with E-state index in [-0.39, 0.29) is 5.41 Å². The van der Waals surface area contributed by atoms with Crippen molar-refractivity contribution in [2.75, 3.05) is 0 Å². The highest BCUT2D eigenvalue weighted by Crippen LogP contribution is 2.50. The molecular weight excluding hydrogens is 1620 g/mol. The fourth-order valence-electron chi connectivity index (χ4n) is 18.7. The first kappa shape index (κ1) is 80.1. The Morgan fingerprint density at radius 1 is 0.128 bits per heavy atom. The molecule has 3 heterocycles. The Bertz CT molecular complexity index is 8310. The Hall–Kier alpha value is -17.5. The van der Waals surface area contributed by atoms with Gasteiger partial charge >= 0.3 is 0 Å². The second-order valence-electron chi connectivity index (χ2n) is 34.4. The van der Waals surface area contributed by atoms with Crippen molar-refractivity contribution >= 4 is 75.4 Å². The van der Waals surface area contributed by atoms with E-state index >= 15 is 0 Å². The quantitative estimate of drug-likeness (QED) is 0.104. The van der Waals surface area contributed by atoms with E-state index in [1.54, 1.807) is 0 Å². The molecule has 0 saturated heterocycles. The lowest BCUT2D eigenvalue weighted by molar-refractivity contribution is 0.660. The van der Waals surface area contributed by atoms with Crippen LogP contribution in [0.1, 0.15) is 25.0 Å². The first-order chi connectivity index (χ1) is 65.6. The van der Waals surface area contributed by atoms with Gasteiger partial charge in [0.25, 0.3) is 0 Å². The van der Waals surface area contributed by atoms with Crippen LogP contribution in [0, 0.1) is 0 Å². The highest BCUT2D eigenvalue weighted by atomic mass is 15.1. The van der Waals surface area contributed by atoms with E-state index in [1.807, 2.05) is 24.3 Å². The van der Waals surface area contributed by atoms with Gasteiger partial charge in [-0.25, -0.2) is 44.9 Å². The first-order valence-corrected chi connectivity index (χ1v) is 45.0. The Labute approximate surface area is 770 Å². The van der Waals surface area contributed by atoms with E-state index in [0.29, 0.717) is 52.4 Å². The Kier molecular flexibility index (Phi) is 20.8. The van der Waals surface area contributed by atoms with Gasteiger partial charge in [-0.1, -0.05) is 451 Å². The van der Waals surface area contributed by atoms with Gasteiger partial charge in [0.15, 0.2) is 52.4 Å². The molecule has 1 aliphatic carbocycles. The van der Waals surface area contributed by atoms with E-state index < -0.39 is 0 Å². The van der Waals surface area contributed by atoms with E-state index in [9.17, 15) is 0 Å². The molecule has 1 aliphatic rings. The number of rotatable bonds is 13. The lowest BCUT2D eigenvalue weighted by Crippen LogP contribution is -2.15. The Morgan fingerprint density at radius 2 is 0.331 bits per heavy atom. The van der Waals surface area contributed by atoms with Crippen LogP contribution in [0.5, 0.6) is 0 Å². The summed E-state index contributed by atoms with van der Waals surface area (Å²) >= 11 is 0. The third-order valence-electron chi connectivity index (χ3n) is 25.8. The van der Waals surface area contributed by atoms with Crippen molar-refractivity contribution in [3.63, 3.8) is 0 Å². The third-order valence-corrected chi connectivity index (χ3v) is 25.8. The predicted molar refractivity (Wildman–Crippen MR) is 550 cm³/mol. The highest BCUT2D eigenvalue weighted by molar-refractivity contribution is 6.11. The topological polar surface area (TPSA) is 116 Å². The molecule has 0 bridgehead atoms. The zero-order valence-corrected chi connectivity index (χ0v) is 73.0. The van der Waals surface area contributed by atoms with E-state index in [2.05, 4.69) is 457 Å². The summed E-state index contributed by atoms with van der Waals surface area (Å²) in [6, 6.07) is 164. The van der Waals surface area contributed by atoms with Gasteiger partial charge in [0, 0.05) is 55.5 Å². The smallest absolute Gasteiger partial charge is 0.164 e. The number of benzene rings is 21. The van der Waals surface area contributed by atoms with Crippen molar-refractivity contribution in [1.82, 2.24) is 44.9 Å². The molecule has 9 nitrogen and oxygen atoms in total. The van der Waals surface area contributed by atoms with Crippen LogP contribution in [0.2, 0.25) is 0 Å². The van der Waals surface area contributed by atoms with Gasteiger partial charge in [-0.15, -0.1) is 0 Å². The summed E-state index contributed by atoms with van der Waals surface area (Å²) in [5, 5.41) is 16.9. The molecule has 0 fully saturated rings. The molecule has 624 valence electrons. The normalized spacial score (nSPS) is 11.9. The summed E-state index contributed by atoms with van der Waals surface area (Å²) in [4.78, 5) is 45.4. The second-order valence-corrected chi connectivity index (χ2v) is 34.4. The van der Waals surface area contributed by atoms with Gasteiger partial charge in [0.2, 0.25) is 0 Å². The number of aromatic nitrogens is 9. The number of nitrogens with zero attached hydrogens (tertiary/aromatic N) is 9. The lowest BCUT2D eigenvalue weighted by Gasteiger charge is -2.21. The van der Waals surface area contributed by atoms with Crippen LogP contribution in [0.15, 0.2) is 467 Å². The zero-order chi connectivity index (χ0) is 88.7. The molecule has 9 heteroatoms. The third kappa shape index (κ3) is 15.9. The predicted octanol–water partition coefficient (Wildman–Crippen LogP) is 31.7.